The minimum atomic E-state index is -1.13. The monoisotopic (exact) mass is 343 g/mol. The first-order chi connectivity index (χ1) is 9.43. The van der Waals surface area contributed by atoms with Gasteiger partial charge in [0.25, 0.3) is 0 Å². The van der Waals surface area contributed by atoms with Crippen LogP contribution in [0.5, 0.6) is 0 Å². The molecule has 110 valence electrons. The molecule has 0 aromatic heterocycles. The van der Waals surface area contributed by atoms with Crippen molar-refractivity contribution in [2.75, 3.05) is 11.9 Å². The summed E-state index contributed by atoms with van der Waals surface area (Å²) in [4.78, 5) is 13.0. The molecule has 0 radical (unpaired) electrons. The summed E-state index contributed by atoms with van der Waals surface area (Å²) in [5.74, 6) is -1.10. The zero-order chi connectivity index (χ0) is 14.9. The summed E-state index contributed by atoms with van der Waals surface area (Å²) < 4.78 is 14.4. The number of hydrogen-bond donors (Lipinski definition) is 1. The Labute approximate surface area is 126 Å². The molecule has 1 aliphatic carbocycles. The summed E-state index contributed by atoms with van der Waals surface area (Å²) in [7, 11) is 1.89. The first-order valence-corrected chi connectivity index (χ1v) is 7.67. The molecule has 2 atom stereocenters. The molecule has 2 unspecified atom stereocenters. The maximum atomic E-state index is 14.4. The molecule has 0 heterocycles. The van der Waals surface area contributed by atoms with Crippen LogP contribution in [0.1, 0.15) is 43.0 Å². The van der Waals surface area contributed by atoms with Crippen molar-refractivity contribution < 1.29 is 14.3 Å². The van der Waals surface area contributed by atoms with Gasteiger partial charge in [0.15, 0.2) is 5.82 Å². The number of carboxylic acids is 1. The van der Waals surface area contributed by atoms with E-state index in [4.69, 9.17) is 5.11 Å². The average molecular weight is 344 g/mol. The molecule has 0 bridgehead atoms. The number of aromatic carboxylic acids is 1. The third-order valence-electron chi connectivity index (χ3n) is 4.24. The van der Waals surface area contributed by atoms with Crippen LogP contribution < -0.4 is 4.90 Å². The van der Waals surface area contributed by atoms with Crippen LogP contribution >= 0.6 is 15.9 Å². The van der Waals surface area contributed by atoms with E-state index in [-0.39, 0.29) is 10.0 Å². The smallest absolute Gasteiger partial charge is 0.336 e. The van der Waals surface area contributed by atoms with Crippen molar-refractivity contribution in [2.45, 2.75) is 38.6 Å². The quantitative estimate of drug-likeness (QED) is 0.889. The summed E-state index contributed by atoms with van der Waals surface area (Å²) in [5, 5.41) is 9.00. The molecule has 3 nitrogen and oxygen atoms in total. The number of hydrogen-bond acceptors (Lipinski definition) is 2. The number of nitrogens with zero attached hydrogens (tertiary/aromatic N) is 1. The molecule has 1 N–H and O–H groups in total. The second-order valence-electron chi connectivity index (χ2n) is 5.51. The first-order valence-electron chi connectivity index (χ1n) is 6.87. The molecule has 0 spiro atoms. The molecule has 1 aromatic rings. The van der Waals surface area contributed by atoms with Crippen molar-refractivity contribution in [1.82, 2.24) is 0 Å². The molecule has 1 saturated carbocycles. The highest BCUT2D eigenvalue weighted by Gasteiger charge is 2.27. The van der Waals surface area contributed by atoms with Gasteiger partial charge in [-0.05, 0) is 46.8 Å². The van der Waals surface area contributed by atoms with Crippen LogP contribution in [0.15, 0.2) is 16.6 Å². The molecular formula is C15H19BrFNO2. The van der Waals surface area contributed by atoms with Crippen molar-refractivity contribution in [3.8, 4) is 0 Å². The van der Waals surface area contributed by atoms with Gasteiger partial charge < -0.3 is 10.0 Å². The normalized spacial score (nSPS) is 22.6. The van der Waals surface area contributed by atoms with Crippen LogP contribution in [0.25, 0.3) is 0 Å². The largest absolute Gasteiger partial charge is 0.478 e. The number of carboxylic acid groups (broad SMARTS) is 1. The van der Waals surface area contributed by atoms with Gasteiger partial charge in [-0.2, -0.15) is 0 Å². The molecule has 20 heavy (non-hydrogen) atoms. The van der Waals surface area contributed by atoms with Crippen LogP contribution in [0.3, 0.4) is 0 Å². The topological polar surface area (TPSA) is 40.5 Å². The lowest BCUT2D eigenvalue weighted by Gasteiger charge is -2.38. The number of carbonyl (C=O) groups is 1. The highest BCUT2D eigenvalue weighted by Crippen LogP contribution is 2.34. The fourth-order valence-corrected chi connectivity index (χ4v) is 3.53. The first kappa shape index (κ1) is 15.3. The number of halogens is 2. The maximum absolute atomic E-state index is 14.4. The lowest BCUT2D eigenvalue weighted by Crippen LogP contribution is -2.39. The third kappa shape index (κ3) is 2.82. The Morgan fingerprint density at radius 2 is 2.05 bits per heavy atom. The Balaban J connectivity index is 2.33. The molecule has 5 heteroatoms. The van der Waals surface area contributed by atoms with E-state index in [0.29, 0.717) is 17.6 Å². The predicted molar refractivity (Wildman–Crippen MR) is 80.9 cm³/mol. The van der Waals surface area contributed by atoms with Crippen LogP contribution in [-0.4, -0.2) is 24.2 Å². The fraction of sp³-hybridized carbons (Fsp3) is 0.533. The Morgan fingerprint density at radius 3 is 2.65 bits per heavy atom. The summed E-state index contributed by atoms with van der Waals surface area (Å²) >= 11 is 3.06. The minimum absolute atomic E-state index is 0.0258. The van der Waals surface area contributed by atoms with Crippen LogP contribution in [0.4, 0.5) is 10.1 Å². The Kier molecular flexibility index (Phi) is 4.68. The van der Waals surface area contributed by atoms with Gasteiger partial charge in [0, 0.05) is 13.1 Å². The van der Waals surface area contributed by atoms with Gasteiger partial charge >= 0.3 is 5.97 Å². The molecule has 1 fully saturated rings. The summed E-state index contributed by atoms with van der Waals surface area (Å²) in [6.45, 7) is 2.19. The minimum Gasteiger partial charge on any atom is -0.478 e. The second-order valence-corrected chi connectivity index (χ2v) is 6.30. The summed E-state index contributed by atoms with van der Waals surface area (Å²) in [5.41, 5.74) is 0.414. The van der Waals surface area contributed by atoms with Crippen molar-refractivity contribution in [2.24, 2.45) is 5.92 Å². The van der Waals surface area contributed by atoms with E-state index in [1.54, 1.807) is 6.07 Å². The van der Waals surface area contributed by atoms with Gasteiger partial charge in [-0.25, -0.2) is 9.18 Å². The second kappa shape index (κ2) is 6.12. The van der Waals surface area contributed by atoms with Gasteiger partial charge in [0.1, 0.15) is 0 Å². The standard InChI is InChI=1S/C15H19BrFNO2/c1-9-5-3-4-6-11(9)18(2)12-8-7-10(15(19)20)13(16)14(12)17/h7-9,11H,3-6H2,1-2H3,(H,19,20). The zero-order valence-corrected chi connectivity index (χ0v) is 13.3. The molecule has 0 aliphatic heterocycles. The summed E-state index contributed by atoms with van der Waals surface area (Å²) in [6.07, 6.45) is 4.60. The van der Waals surface area contributed by atoms with Crippen molar-refractivity contribution >= 4 is 27.6 Å². The molecule has 0 amide bonds. The lowest BCUT2D eigenvalue weighted by atomic mass is 9.85. The molecular weight excluding hydrogens is 325 g/mol. The van der Waals surface area contributed by atoms with Gasteiger partial charge in [-0.15, -0.1) is 0 Å². The van der Waals surface area contributed by atoms with Crippen molar-refractivity contribution in [3.05, 3.63) is 28.0 Å². The van der Waals surface area contributed by atoms with Gasteiger partial charge in [-0.1, -0.05) is 19.8 Å². The van der Waals surface area contributed by atoms with E-state index < -0.39 is 11.8 Å². The fourth-order valence-electron chi connectivity index (χ4n) is 3.03. The van der Waals surface area contributed by atoms with E-state index in [2.05, 4.69) is 22.9 Å². The van der Waals surface area contributed by atoms with Gasteiger partial charge in [0.2, 0.25) is 0 Å². The summed E-state index contributed by atoms with van der Waals surface area (Å²) in [6, 6.07) is 3.32. The van der Waals surface area contributed by atoms with Crippen LogP contribution in [0, 0.1) is 11.7 Å². The Bertz CT molecular complexity index is 521. The van der Waals surface area contributed by atoms with Crippen LogP contribution in [0.2, 0.25) is 0 Å². The van der Waals surface area contributed by atoms with E-state index >= 15 is 0 Å². The highest BCUT2D eigenvalue weighted by atomic mass is 79.9. The van der Waals surface area contributed by atoms with E-state index in [9.17, 15) is 9.18 Å². The SMILES string of the molecule is CC1CCCCC1N(C)c1ccc(C(=O)O)c(Br)c1F. The van der Waals surface area contributed by atoms with E-state index in [0.717, 1.165) is 19.3 Å². The van der Waals surface area contributed by atoms with E-state index in [1.807, 2.05) is 11.9 Å². The third-order valence-corrected chi connectivity index (χ3v) is 5.01. The molecule has 1 aliphatic rings. The van der Waals surface area contributed by atoms with E-state index in [1.165, 1.54) is 12.5 Å². The maximum Gasteiger partial charge on any atom is 0.336 e. The number of rotatable bonds is 3. The molecule has 0 saturated heterocycles. The highest BCUT2D eigenvalue weighted by molar-refractivity contribution is 9.10. The Morgan fingerprint density at radius 1 is 1.40 bits per heavy atom. The molecule has 1 aromatic carbocycles. The number of benzene rings is 1. The predicted octanol–water partition coefficient (Wildman–Crippen LogP) is 4.30. The van der Waals surface area contributed by atoms with Gasteiger partial charge in [0.05, 0.1) is 15.7 Å². The zero-order valence-electron chi connectivity index (χ0n) is 11.7. The Hall–Kier alpha value is -1.10. The van der Waals surface area contributed by atoms with Crippen molar-refractivity contribution in [1.29, 1.82) is 0 Å². The number of anilines is 1. The van der Waals surface area contributed by atoms with Crippen LogP contribution in [-0.2, 0) is 0 Å². The van der Waals surface area contributed by atoms with Crippen molar-refractivity contribution in [3.63, 3.8) is 0 Å². The van der Waals surface area contributed by atoms with Gasteiger partial charge in [-0.3, -0.25) is 0 Å². The average Bonchev–Trinajstić information content (AvgIpc) is 2.41. The molecule has 2 rings (SSSR count). The lowest BCUT2D eigenvalue weighted by molar-refractivity contribution is 0.0695.